The van der Waals surface area contributed by atoms with Crippen LogP contribution in [0.2, 0.25) is 0 Å². The number of aromatic amines is 4. The normalized spacial score (nSPS) is 27.1. The summed E-state index contributed by atoms with van der Waals surface area (Å²) in [7, 11) is 5.15. The van der Waals surface area contributed by atoms with Crippen molar-refractivity contribution in [2.24, 2.45) is 0 Å². The maximum atomic E-state index is 12.1. The van der Waals surface area contributed by atoms with Crippen molar-refractivity contribution in [3.63, 3.8) is 0 Å². The molecule has 45 heteroatoms. The second-order valence-corrected chi connectivity index (χ2v) is 58.2. The first-order chi connectivity index (χ1) is 56.9. The molecule has 0 aliphatic carbocycles. The molecule has 1 radical (unpaired) electrons. The van der Waals surface area contributed by atoms with Gasteiger partial charge in [-0.15, -0.1) is 52.7 Å². The number of Topliss-reactive ketones (excluding diaryl/α,β-unsaturated/α-hetero) is 2. The number of H-pyrrole nitrogens is 4. The number of carbonyl (C=O) groups excluding carboxylic acids is 2. The van der Waals surface area contributed by atoms with Crippen LogP contribution < -0.4 is 59.8 Å². The monoisotopic (exact) mass is 1930 g/mol. The molecular weight excluding hydrogens is 1800 g/mol. The van der Waals surface area contributed by atoms with Crippen molar-refractivity contribution in [2.75, 3.05) is 119 Å². The zero-order valence-electron chi connectivity index (χ0n) is 72.6. The summed E-state index contributed by atoms with van der Waals surface area (Å²) in [5.41, 5.74) is -1.98. The molecule has 5 saturated heterocycles. The third-order valence-electron chi connectivity index (χ3n) is 20.6. The molecule has 0 amide bonds. The minimum atomic E-state index is -1.32. The summed E-state index contributed by atoms with van der Waals surface area (Å²) in [6.07, 6.45) is 16.5. The average molecular weight is 1930 g/mol. The third kappa shape index (κ3) is 30.9. The summed E-state index contributed by atoms with van der Waals surface area (Å²) in [4.78, 5) is 120. The van der Waals surface area contributed by atoms with Crippen molar-refractivity contribution in [1.29, 1.82) is 0 Å². The Balaban J connectivity index is 0.000000238. The molecule has 5 aromatic rings. The summed E-state index contributed by atoms with van der Waals surface area (Å²) in [6.45, 7) is 18.6. The van der Waals surface area contributed by atoms with Crippen molar-refractivity contribution >= 4 is 123 Å². The summed E-state index contributed by atoms with van der Waals surface area (Å²) in [6, 6.07) is 0. The Morgan fingerprint density at radius 3 is 0.951 bits per heavy atom. The first-order valence-electron chi connectivity index (χ1n) is 40.0. The second kappa shape index (κ2) is 46.1. The van der Waals surface area contributed by atoms with Gasteiger partial charge in [-0.05, 0) is 149 Å². The van der Waals surface area contributed by atoms with Crippen molar-refractivity contribution < 1.29 is 84.3 Å². The third-order valence-corrected chi connectivity index (χ3v) is 29.2. The Kier molecular flexibility index (Phi) is 40.0. The number of ether oxygens (including phenoxy) is 5. The molecule has 20 atom stereocenters. The van der Waals surface area contributed by atoms with E-state index in [1.807, 2.05) is 0 Å². The topological polar surface area (TPSA) is 539 Å². The first kappa shape index (κ1) is 107. The number of nitrogens with one attached hydrogen (secondary N) is 7. The van der Waals surface area contributed by atoms with E-state index in [1.165, 1.54) is 34.6 Å². The van der Waals surface area contributed by atoms with Crippen LogP contribution in [0.5, 0.6) is 0 Å². The van der Waals surface area contributed by atoms with Gasteiger partial charge in [-0.3, -0.25) is 67.0 Å². The van der Waals surface area contributed by atoms with Crippen molar-refractivity contribution in [3.05, 3.63) is 141 Å². The van der Waals surface area contributed by atoms with Gasteiger partial charge < -0.3 is 70.4 Å². The second-order valence-electron chi connectivity index (χ2n) is 35.1. The number of aliphatic hydroxyl groups excluding tert-OH is 10. The molecule has 0 saturated carbocycles. The maximum absolute atomic E-state index is 12.1. The molecular formula is C78H129N13O24P5S2Se. The molecule has 5 fully saturated rings. The Morgan fingerprint density at radius 2 is 0.650 bits per heavy atom. The van der Waals surface area contributed by atoms with Crippen LogP contribution in [0.3, 0.4) is 0 Å². The van der Waals surface area contributed by atoms with E-state index in [9.17, 15) is 94.2 Å². The van der Waals surface area contributed by atoms with E-state index < -0.39 is 185 Å². The summed E-state index contributed by atoms with van der Waals surface area (Å²) in [5, 5.41) is 112. The fraction of sp³-hybridized carbons (Fsp3) is 0.654. The Hall–Kier alpha value is -4.92. The van der Waals surface area contributed by atoms with E-state index in [0.29, 0.717) is 73.0 Å². The molecule has 5 aliphatic heterocycles. The molecule has 5 aromatic heterocycles. The summed E-state index contributed by atoms with van der Waals surface area (Å²) in [5.74, 6) is -0.310. The van der Waals surface area contributed by atoms with Gasteiger partial charge >= 0.3 is 161 Å². The number of rotatable bonds is 31. The molecule has 0 bridgehead atoms. The first-order valence-corrected chi connectivity index (χ1v) is 56.9. The zero-order chi connectivity index (χ0) is 92.8. The predicted molar refractivity (Wildman–Crippen MR) is 496 cm³/mol. The standard InChI is InChI=1S/C17H27N2O5PS.C16H25N2O6P.C15H26N3O5P.C15H26N3O4PS.C15H25N3O4PSe/c1-5-11(20)8-10-9-19(17(26)18-15(10)23)16-14(22)13(21)12(24-16)6-7-25(2,3)4;1-9(19)7-10-8-18(16(23)17-14(10)22)15-13(21)12(20)11(24-15)5-6-25(2,3)4;1-16-7-9-8-18(15(22)17-13(9)21)14-12(20)11(19)10(23-14)5-6-24(2,3)4;2*1-16-7-9-8-18(15(24)17-13(9)21)14-12(20)11(19)10(22-14)5-6-23(2,3)4/h9,12-14,16,21-22H,2,5-8H2,1,3-4H3,(H,18,23,26);8,11-13,15,20-21H,2,5-7H2,1,3-4H3,(H,17,22,23);8,10-12,14,16,19-20H,2,5-7H2,1,3-4H3,(H,17,21,22);8,10-12,14,16,19-20H,2,5-7H2,1,3-4H3,(H,17,21,24);8,10-12,14,16,19-20H,2,5-7H2,1,3-4H3/t12-,13-,14-,16-;11-,12-,13-,15-;3*10-,11-,12-,14-/m11111/s1. The molecule has 5 aliphatic rings. The molecule has 0 spiro atoms. The van der Waals surface area contributed by atoms with Gasteiger partial charge in [-0.2, -0.15) is 0 Å². The van der Waals surface area contributed by atoms with Crippen molar-refractivity contribution in [1.82, 2.24) is 63.7 Å². The fourth-order valence-electron chi connectivity index (χ4n) is 13.7. The Morgan fingerprint density at radius 1 is 0.407 bits per heavy atom. The molecule has 0 aromatic carbocycles. The van der Waals surface area contributed by atoms with Crippen LogP contribution in [0.4, 0.5) is 0 Å². The average Bonchev–Trinajstić information content (AvgIpc) is 1.69. The van der Waals surface area contributed by atoms with Gasteiger partial charge in [0.2, 0.25) is 0 Å². The molecule has 10 heterocycles. The van der Waals surface area contributed by atoms with E-state index in [0.717, 1.165) is 39.9 Å². The van der Waals surface area contributed by atoms with E-state index in [1.54, 1.807) is 45.0 Å². The molecule has 0 unspecified atom stereocenters. The molecule has 17 N–H and O–H groups in total. The Bertz CT molecular complexity index is 5170. The molecule has 693 valence electrons. The van der Waals surface area contributed by atoms with E-state index >= 15 is 0 Å². The molecule has 10 rings (SSSR count). The quantitative estimate of drug-likeness (QED) is 0.0134. The number of ketones is 2. The zero-order valence-corrected chi connectivity index (χ0v) is 80.4. The SMILES string of the molecule is C=P(C)(C)CC[C@H]1O[C@@H](n2cc(CC(=O)CC)c(=O)[nH]c2=S)[C@H](O)[C@@H]1O.C=P(C)(C)CC[C@H]1O[C@@H](n2cc(CC(C)=O)c(=O)[nH]c2=O)[C@H](O)[C@@H]1O.C=P(C)(C)CC[C@H]1O[C@@H](n2cc(CNC)c(=O)[nH]c2=O)[C@H](O)[C@@H]1O.C=P(C)(C)CC[C@H]1O[C@@H](n2cc(CNC)c(=O)[nH]c2=S)[C@H](O)[C@@H]1O.C=P(C)(C)CC[C@H]1O[C@@H](n2cc(CNC)c(=O)nc2[Se])[C@H](O)[C@@H]1O. The van der Waals surface area contributed by atoms with E-state index in [4.69, 9.17) is 48.1 Å². The summed E-state index contributed by atoms with van der Waals surface area (Å²) >= 11 is 13.1. The van der Waals surface area contributed by atoms with Crippen LogP contribution in [0.15, 0.2) is 64.5 Å². The van der Waals surface area contributed by atoms with Crippen LogP contribution in [0.25, 0.3) is 0 Å². The Labute approximate surface area is 733 Å². The minimum absolute atomic E-state index is 0.0174. The van der Waals surface area contributed by atoms with Gasteiger partial charge in [0.15, 0.2) is 34.5 Å². The van der Waals surface area contributed by atoms with Gasteiger partial charge in [0.05, 0.1) is 24.4 Å². The summed E-state index contributed by atoms with van der Waals surface area (Å²) < 4.78 is 36.2. The predicted octanol–water partition coefficient (Wildman–Crippen LogP) is -1.67. The van der Waals surface area contributed by atoms with Gasteiger partial charge in [0, 0.05) is 79.4 Å². The van der Waals surface area contributed by atoms with Crippen LogP contribution in [0.1, 0.15) is 111 Å². The van der Waals surface area contributed by atoms with Crippen molar-refractivity contribution in [2.45, 2.75) is 208 Å². The number of nitrogens with zero attached hydrogens (tertiary/aromatic N) is 6. The van der Waals surface area contributed by atoms with Crippen molar-refractivity contribution in [3.8, 4) is 0 Å². The van der Waals surface area contributed by atoms with Gasteiger partial charge in [-0.25, -0.2) is 9.59 Å². The van der Waals surface area contributed by atoms with E-state index in [2.05, 4.69) is 155 Å². The van der Waals surface area contributed by atoms with Crippen LogP contribution in [0, 0.1) is 9.54 Å². The fourth-order valence-corrected chi connectivity index (χ4v) is 19.5. The van der Waals surface area contributed by atoms with Gasteiger partial charge in [0.1, 0.15) is 60.4 Å². The molecule has 37 nitrogen and oxygen atoms in total. The number of hydrogen-bond donors (Lipinski definition) is 17. The number of aromatic nitrogens is 10. The van der Waals surface area contributed by atoms with Crippen LogP contribution in [-0.2, 0) is 65.7 Å². The number of aliphatic hydroxyl groups is 10. The molecule has 123 heavy (non-hydrogen) atoms. The number of hydrogen-bond acceptors (Lipinski definition) is 30. The number of carbonyl (C=O) groups is 2. The van der Waals surface area contributed by atoms with Crippen LogP contribution in [-0.4, -0.2) is 368 Å². The van der Waals surface area contributed by atoms with Crippen LogP contribution >= 0.6 is 58.9 Å². The van der Waals surface area contributed by atoms with Gasteiger partial charge in [-0.1, -0.05) is 6.92 Å². The van der Waals surface area contributed by atoms with E-state index in [-0.39, 0.29) is 62.7 Å². The van der Waals surface area contributed by atoms with Gasteiger partial charge in [0.25, 0.3) is 22.2 Å².